The Kier molecular flexibility index (Phi) is 8.59. The number of aliphatic hydroxyl groups excluding tert-OH is 1. The molecule has 3 N–H and O–H groups in total. The van der Waals surface area contributed by atoms with Gasteiger partial charge in [0.15, 0.2) is 5.84 Å². The van der Waals surface area contributed by atoms with Crippen molar-refractivity contribution in [3.8, 4) is 0 Å². The van der Waals surface area contributed by atoms with Gasteiger partial charge in [0, 0.05) is 24.2 Å². The molecule has 0 radical (unpaired) electrons. The maximum atomic E-state index is 13.9. The van der Waals surface area contributed by atoms with E-state index in [1.54, 1.807) is 19.1 Å². The monoisotopic (exact) mass is 604 g/mol. The zero-order valence-corrected chi connectivity index (χ0v) is 24.6. The minimum atomic E-state index is -4.40. The smallest absolute Gasteiger partial charge is 0.286 e. The lowest BCUT2D eigenvalue weighted by Crippen LogP contribution is -2.50. The minimum absolute atomic E-state index is 0.0241. The lowest BCUT2D eigenvalue weighted by atomic mass is 9.83. The number of nitrogens with one attached hydrogen (secondary N) is 2. The quantitative estimate of drug-likeness (QED) is 0.333. The number of allylic oxidation sites excluding steroid dienone is 1. The van der Waals surface area contributed by atoms with Gasteiger partial charge in [-0.2, -0.15) is 8.42 Å². The van der Waals surface area contributed by atoms with Crippen LogP contribution in [0.5, 0.6) is 0 Å². The Balaban J connectivity index is 1.77. The highest BCUT2D eigenvalue weighted by molar-refractivity contribution is 7.92. The number of carbonyl (C=O) groups is 1. The molecule has 0 bridgehead atoms. The summed E-state index contributed by atoms with van der Waals surface area (Å²) in [4.78, 5) is 15.1. The zero-order chi connectivity index (χ0) is 30.1. The van der Waals surface area contributed by atoms with Crippen molar-refractivity contribution >= 4 is 43.2 Å². The van der Waals surface area contributed by atoms with E-state index in [1.807, 2.05) is 0 Å². The number of hydrogen-bond acceptors (Lipinski definition) is 7. The van der Waals surface area contributed by atoms with Crippen molar-refractivity contribution < 1.29 is 31.1 Å². The largest absolute Gasteiger partial charge is 0.511 e. The van der Waals surface area contributed by atoms with E-state index in [2.05, 4.69) is 27.9 Å². The van der Waals surface area contributed by atoms with E-state index >= 15 is 0 Å². The molecule has 0 aromatic heterocycles. The van der Waals surface area contributed by atoms with Crippen LogP contribution in [0.25, 0.3) is 0 Å². The van der Waals surface area contributed by atoms with E-state index in [0.29, 0.717) is 12.0 Å². The first-order valence-electron chi connectivity index (χ1n) is 13.1. The molecule has 13 heteroatoms. The number of anilines is 2. The predicted octanol–water partition coefficient (Wildman–Crippen LogP) is 4.71. The number of sulfonamides is 2. The molecule has 2 aromatic rings. The number of fused-ring (bicyclic) bond motifs is 1. The summed E-state index contributed by atoms with van der Waals surface area (Å²) in [6.07, 6.45) is 3.90. The fourth-order valence-corrected chi connectivity index (χ4v) is 6.65. The third-order valence-corrected chi connectivity index (χ3v) is 9.00. The molecule has 2 heterocycles. The molecule has 0 aliphatic carbocycles. The average Bonchev–Trinajstić information content (AvgIpc) is 2.88. The van der Waals surface area contributed by atoms with Crippen molar-refractivity contribution in [2.75, 3.05) is 16.3 Å². The van der Waals surface area contributed by atoms with Crippen molar-refractivity contribution in [1.29, 1.82) is 0 Å². The van der Waals surface area contributed by atoms with Gasteiger partial charge in [-0.1, -0.05) is 37.6 Å². The van der Waals surface area contributed by atoms with Crippen LogP contribution in [0, 0.1) is 11.7 Å². The lowest BCUT2D eigenvalue weighted by molar-refractivity contribution is -0.132. The van der Waals surface area contributed by atoms with Gasteiger partial charge in [-0.3, -0.25) is 9.52 Å². The fraction of sp³-hybridized carbons (Fsp3) is 0.357. The minimum Gasteiger partial charge on any atom is -0.511 e. The Morgan fingerprint density at radius 2 is 1.90 bits per heavy atom. The van der Waals surface area contributed by atoms with Gasteiger partial charge in [-0.15, -0.1) is 4.40 Å². The molecule has 41 heavy (non-hydrogen) atoms. The van der Waals surface area contributed by atoms with Crippen molar-refractivity contribution in [3.63, 3.8) is 0 Å². The summed E-state index contributed by atoms with van der Waals surface area (Å²) in [5.74, 6) is -2.30. The van der Waals surface area contributed by atoms with Gasteiger partial charge in [0.2, 0.25) is 10.0 Å². The van der Waals surface area contributed by atoms with E-state index < -0.39 is 43.7 Å². The zero-order valence-electron chi connectivity index (χ0n) is 23.0. The average molecular weight is 605 g/mol. The van der Waals surface area contributed by atoms with E-state index in [9.17, 15) is 31.1 Å². The molecule has 4 rings (SSSR count). The van der Waals surface area contributed by atoms with Crippen molar-refractivity contribution in [3.05, 3.63) is 77.3 Å². The van der Waals surface area contributed by atoms with Crippen LogP contribution in [-0.4, -0.2) is 50.9 Å². The number of hydrogen-bond donors (Lipinski definition) is 3. The SMILES string of the molecule is C=C(CCCC)CC1C(O)=C(C2=NS(=O)(=O)c3cc(NS(C)(=O)=O)ccc3N2)C(=O)N(Cc2ccc(F)cc2)C1C. The number of amides is 1. The number of benzene rings is 2. The third kappa shape index (κ3) is 6.79. The van der Waals surface area contributed by atoms with Gasteiger partial charge in [0.05, 0.1) is 11.9 Å². The van der Waals surface area contributed by atoms with Crippen LogP contribution in [0.15, 0.2) is 75.2 Å². The molecule has 220 valence electrons. The molecule has 2 atom stereocenters. The van der Waals surface area contributed by atoms with Gasteiger partial charge in [0.1, 0.15) is 22.0 Å². The second kappa shape index (κ2) is 11.6. The molecule has 0 saturated heterocycles. The predicted molar refractivity (Wildman–Crippen MR) is 156 cm³/mol. The van der Waals surface area contributed by atoms with Crippen molar-refractivity contribution in [2.24, 2.45) is 10.3 Å². The van der Waals surface area contributed by atoms with Crippen LogP contribution < -0.4 is 10.0 Å². The Labute approximate surface area is 239 Å². The number of carbonyl (C=O) groups excluding carboxylic acids is 1. The van der Waals surface area contributed by atoms with Crippen LogP contribution in [0.2, 0.25) is 0 Å². The first kappa shape index (κ1) is 30.3. The van der Waals surface area contributed by atoms with Crippen LogP contribution in [-0.2, 0) is 31.4 Å². The summed E-state index contributed by atoms with van der Waals surface area (Å²) in [7, 11) is -8.06. The Bertz CT molecular complexity index is 1650. The highest BCUT2D eigenvalue weighted by atomic mass is 32.2. The molecule has 0 spiro atoms. The molecular formula is C28H33FN4O6S2. The summed E-state index contributed by atoms with van der Waals surface area (Å²) in [6.45, 7) is 8.09. The lowest BCUT2D eigenvalue weighted by Gasteiger charge is -2.40. The van der Waals surface area contributed by atoms with E-state index in [-0.39, 0.29) is 40.0 Å². The van der Waals surface area contributed by atoms with E-state index in [1.165, 1.54) is 29.2 Å². The molecule has 0 saturated carbocycles. The van der Waals surface area contributed by atoms with Crippen LogP contribution >= 0.6 is 0 Å². The number of nitrogens with zero attached hydrogens (tertiary/aromatic N) is 2. The van der Waals surface area contributed by atoms with Gasteiger partial charge in [-0.05, 0) is 62.1 Å². The number of aliphatic hydroxyl groups is 1. The molecule has 10 nitrogen and oxygen atoms in total. The maximum absolute atomic E-state index is 13.9. The summed E-state index contributed by atoms with van der Waals surface area (Å²) >= 11 is 0. The van der Waals surface area contributed by atoms with Crippen LogP contribution in [0.1, 0.15) is 45.1 Å². The highest BCUT2D eigenvalue weighted by Gasteiger charge is 2.43. The molecule has 0 fully saturated rings. The van der Waals surface area contributed by atoms with Gasteiger partial charge >= 0.3 is 0 Å². The molecule has 2 unspecified atom stereocenters. The van der Waals surface area contributed by atoms with E-state index in [4.69, 9.17) is 0 Å². The molecule has 2 aromatic carbocycles. The van der Waals surface area contributed by atoms with E-state index in [0.717, 1.165) is 37.2 Å². The molecule has 2 aliphatic heterocycles. The third-order valence-electron chi connectivity index (χ3n) is 7.08. The Morgan fingerprint density at radius 1 is 1.22 bits per heavy atom. The summed E-state index contributed by atoms with van der Waals surface area (Å²) in [5.41, 5.74) is 1.34. The summed E-state index contributed by atoms with van der Waals surface area (Å²) in [5, 5.41) is 14.3. The topological polar surface area (TPSA) is 145 Å². The normalized spacial score (nSPS) is 20.2. The molecule has 2 aliphatic rings. The Hall–Kier alpha value is -3.71. The number of halogens is 1. The second-order valence-electron chi connectivity index (χ2n) is 10.3. The summed E-state index contributed by atoms with van der Waals surface area (Å²) in [6, 6.07) is 9.04. The highest BCUT2D eigenvalue weighted by Crippen LogP contribution is 2.38. The van der Waals surface area contributed by atoms with Crippen LogP contribution in [0.3, 0.4) is 0 Å². The van der Waals surface area contributed by atoms with Gasteiger partial charge in [-0.25, -0.2) is 12.8 Å². The fourth-order valence-electron chi connectivity index (χ4n) is 4.95. The summed E-state index contributed by atoms with van der Waals surface area (Å²) < 4.78 is 69.3. The first-order chi connectivity index (χ1) is 19.2. The number of rotatable bonds is 10. The Morgan fingerprint density at radius 3 is 2.54 bits per heavy atom. The first-order valence-corrected chi connectivity index (χ1v) is 16.4. The van der Waals surface area contributed by atoms with Crippen molar-refractivity contribution in [2.45, 2.75) is 57.0 Å². The van der Waals surface area contributed by atoms with Gasteiger partial charge < -0.3 is 15.3 Å². The number of amidine groups is 1. The maximum Gasteiger partial charge on any atom is 0.286 e. The number of unbranched alkanes of at least 4 members (excludes halogenated alkanes) is 1. The molecule has 1 amide bonds. The van der Waals surface area contributed by atoms with Gasteiger partial charge in [0.25, 0.3) is 15.9 Å². The van der Waals surface area contributed by atoms with Crippen molar-refractivity contribution in [1.82, 2.24) is 4.90 Å². The standard InChI is InChI=1S/C28H33FN4O6S2/c1-5-6-7-17(2)14-22-18(3)33(16-19-8-10-20(29)11-9-19)28(35)25(26(22)34)27-30-23-13-12-21(31-40(4,36)37)15-24(23)41(38,39)32-27/h8-13,15,18,22,31,34H,2,5-7,14,16H2,1,3-4H3,(H,30,32). The second-order valence-corrected chi connectivity index (χ2v) is 13.7. The molecular weight excluding hydrogens is 571 g/mol. The van der Waals surface area contributed by atoms with Crippen LogP contribution in [0.4, 0.5) is 15.8 Å².